The maximum atomic E-state index is 9.29. The van der Waals surface area contributed by atoms with E-state index in [1.54, 1.807) is 24.3 Å². The number of ether oxygens (including phenoxy) is 1. The highest BCUT2D eigenvalue weighted by Gasteiger charge is 2.37. The minimum atomic E-state index is -0.668. The molecule has 0 amide bonds. The van der Waals surface area contributed by atoms with Crippen molar-refractivity contribution in [3.05, 3.63) is 41.9 Å². The van der Waals surface area contributed by atoms with Crippen LogP contribution in [0.4, 0.5) is 0 Å². The minimum Gasteiger partial charge on any atom is -0.466 e. The highest BCUT2D eigenvalue weighted by molar-refractivity contribution is 6.30. The molecule has 0 saturated carbocycles. The smallest absolute Gasteiger partial charge is 0.222 e. The van der Waals surface area contributed by atoms with Crippen molar-refractivity contribution in [2.45, 2.75) is 33.1 Å². The summed E-state index contributed by atoms with van der Waals surface area (Å²) in [6.07, 6.45) is 1.60. The van der Waals surface area contributed by atoms with E-state index < -0.39 is 12.3 Å². The van der Waals surface area contributed by atoms with Gasteiger partial charge in [0.15, 0.2) is 6.10 Å². The first-order valence-corrected chi connectivity index (χ1v) is 6.86. The Hall–Kier alpha value is -1.63. The van der Waals surface area contributed by atoms with Crippen LogP contribution in [0, 0.1) is 5.41 Å². The van der Waals surface area contributed by atoms with E-state index in [0.29, 0.717) is 10.8 Å². The van der Waals surface area contributed by atoms with Gasteiger partial charge >= 0.3 is 0 Å². The molecule has 0 aliphatic heterocycles. The van der Waals surface area contributed by atoms with Gasteiger partial charge in [-0.1, -0.05) is 32.4 Å². The van der Waals surface area contributed by atoms with Gasteiger partial charge in [0, 0.05) is 5.02 Å². The Morgan fingerprint density at radius 2 is 1.90 bits per heavy atom. The largest absolute Gasteiger partial charge is 0.466 e. The molecule has 7 heteroatoms. The predicted octanol–water partition coefficient (Wildman–Crippen LogP) is 3.41. The van der Waals surface area contributed by atoms with E-state index in [1.807, 2.05) is 20.8 Å². The minimum absolute atomic E-state index is 0.377. The van der Waals surface area contributed by atoms with Crippen LogP contribution in [0.3, 0.4) is 0 Å². The summed E-state index contributed by atoms with van der Waals surface area (Å²) >= 11 is 5.86. The SMILES string of the molecule is CC(C)(C)C(OO)C(Oc1ccc(Cl)cc1)n1cncn1. The van der Waals surface area contributed by atoms with Gasteiger partial charge in [-0.3, -0.25) is 5.26 Å². The summed E-state index contributed by atoms with van der Waals surface area (Å²) in [7, 11) is 0. The third-order valence-electron chi connectivity index (χ3n) is 2.99. The molecule has 6 nitrogen and oxygen atoms in total. The topological polar surface area (TPSA) is 69.4 Å². The van der Waals surface area contributed by atoms with Crippen LogP contribution in [0.5, 0.6) is 5.75 Å². The summed E-state index contributed by atoms with van der Waals surface area (Å²) in [4.78, 5) is 8.57. The molecular formula is C14H18ClN3O3. The molecule has 0 aliphatic carbocycles. The summed E-state index contributed by atoms with van der Waals surface area (Å²) in [6, 6.07) is 6.93. The predicted molar refractivity (Wildman–Crippen MR) is 78.1 cm³/mol. The van der Waals surface area contributed by atoms with Crippen molar-refractivity contribution in [3.63, 3.8) is 0 Å². The van der Waals surface area contributed by atoms with Crippen molar-refractivity contribution >= 4 is 11.6 Å². The van der Waals surface area contributed by atoms with Crippen LogP contribution in [0.1, 0.15) is 27.0 Å². The molecule has 1 aromatic heterocycles. The number of hydrogen-bond acceptors (Lipinski definition) is 5. The third-order valence-corrected chi connectivity index (χ3v) is 3.25. The van der Waals surface area contributed by atoms with Crippen LogP contribution in [0.15, 0.2) is 36.9 Å². The first-order chi connectivity index (χ1) is 9.91. The Morgan fingerprint density at radius 3 is 2.38 bits per heavy atom. The lowest BCUT2D eigenvalue weighted by Crippen LogP contribution is -2.40. The van der Waals surface area contributed by atoms with E-state index in [9.17, 15) is 5.26 Å². The Morgan fingerprint density at radius 1 is 1.24 bits per heavy atom. The first kappa shape index (κ1) is 15.8. The first-order valence-electron chi connectivity index (χ1n) is 6.48. The summed E-state index contributed by atoms with van der Waals surface area (Å²) in [5.74, 6) is 0.589. The molecular weight excluding hydrogens is 294 g/mol. The fourth-order valence-electron chi connectivity index (χ4n) is 1.89. The number of nitrogens with zero attached hydrogens (tertiary/aromatic N) is 3. The van der Waals surface area contributed by atoms with Crippen molar-refractivity contribution in [3.8, 4) is 5.75 Å². The summed E-state index contributed by atoms with van der Waals surface area (Å²) in [5.41, 5.74) is -0.377. The second-order valence-corrected chi connectivity index (χ2v) is 6.17. The number of hydrogen-bond donors (Lipinski definition) is 1. The Kier molecular flexibility index (Phi) is 4.82. The van der Waals surface area contributed by atoms with Crippen LogP contribution in [0.2, 0.25) is 5.02 Å². The maximum Gasteiger partial charge on any atom is 0.222 e. The molecule has 0 radical (unpaired) electrons. The van der Waals surface area contributed by atoms with Crippen molar-refractivity contribution in [1.29, 1.82) is 0 Å². The molecule has 0 aliphatic rings. The van der Waals surface area contributed by atoms with Crippen LogP contribution in [-0.4, -0.2) is 26.1 Å². The standard InChI is InChI=1S/C14H18ClN3O3/c1-14(2,3)12(21-19)13(18-9-16-8-17-18)20-11-6-4-10(15)5-7-11/h4-9,12-13,19H,1-3H3. The molecule has 1 aromatic carbocycles. The monoisotopic (exact) mass is 311 g/mol. The highest BCUT2D eigenvalue weighted by Crippen LogP contribution is 2.32. The molecule has 2 rings (SSSR count). The molecule has 1 N–H and O–H groups in total. The highest BCUT2D eigenvalue weighted by atomic mass is 35.5. The van der Waals surface area contributed by atoms with E-state index in [0.717, 1.165) is 0 Å². The van der Waals surface area contributed by atoms with Crippen LogP contribution in [0.25, 0.3) is 0 Å². The van der Waals surface area contributed by atoms with E-state index >= 15 is 0 Å². The van der Waals surface area contributed by atoms with Crippen molar-refractivity contribution in [1.82, 2.24) is 14.8 Å². The average molecular weight is 312 g/mol. The van der Waals surface area contributed by atoms with Crippen molar-refractivity contribution < 1.29 is 14.9 Å². The fraction of sp³-hybridized carbons (Fsp3) is 0.429. The van der Waals surface area contributed by atoms with Gasteiger partial charge < -0.3 is 4.74 Å². The van der Waals surface area contributed by atoms with Gasteiger partial charge in [0.2, 0.25) is 6.23 Å². The second-order valence-electron chi connectivity index (χ2n) is 5.73. The lowest BCUT2D eigenvalue weighted by atomic mass is 9.88. The van der Waals surface area contributed by atoms with Crippen molar-refractivity contribution in [2.24, 2.45) is 5.41 Å². The number of aromatic nitrogens is 3. The summed E-state index contributed by atoms with van der Waals surface area (Å²) in [6.45, 7) is 5.80. The van der Waals surface area contributed by atoms with Gasteiger partial charge in [0.1, 0.15) is 18.4 Å². The van der Waals surface area contributed by atoms with Gasteiger partial charge in [-0.05, 0) is 29.7 Å². The summed E-state index contributed by atoms with van der Waals surface area (Å²) < 4.78 is 7.41. The van der Waals surface area contributed by atoms with Gasteiger partial charge in [-0.15, -0.1) is 0 Å². The van der Waals surface area contributed by atoms with E-state index in [2.05, 4.69) is 15.0 Å². The Bertz CT molecular complexity index is 552. The molecule has 2 atom stereocenters. The lowest BCUT2D eigenvalue weighted by molar-refractivity contribution is -0.325. The van der Waals surface area contributed by atoms with E-state index in [4.69, 9.17) is 16.3 Å². The second kappa shape index (κ2) is 6.43. The molecule has 1 heterocycles. The fourth-order valence-corrected chi connectivity index (χ4v) is 2.02. The zero-order chi connectivity index (χ0) is 15.5. The van der Waals surface area contributed by atoms with Gasteiger partial charge in [-0.25, -0.2) is 14.6 Å². The maximum absolute atomic E-state index is 9.29. The molecule has 2 aromatic rings. The zero-order valence-corrected chi connectivity index (χ0v) is 12.9. The quantitative estimate of drug-likeness (QED) is 0.677. The average Bonchev–Trinajstić information content (AvgIpc) is 2.93. The zero-order valence-electron chi connectivity index (χ0n) is 12.1. The molecule has 0 spiro atoms. The molecule has 114 valence electrons. The third kappa shape index (κ3) is 3.93. The number of halogens is 1. The normalized spacial score (nSPS) is 14.7. The Labute approximate surface area is 128 Å². The van der Waals surface area contributed by atoms with E-state index in [1.165, 1.54) is 17.3 Å². The molecule has 2 unspecified atom stereocenters. The number of benzene rings is 1. The van der Waals surface area contributed by atoms with Gasteiger partial charge in [-0.2, -0.15) is 5.10 Å². The van der Waals surface area contributed by atoms with Gasteiger partial charge in [0.25, 0.3) is 0 Å². The number of rotatable bonds is 5. The molecule has 0 saturated heterocycles. The van der Waals surface area contributed by atoms with E-state index in [-0.39, 0.29) is 5.41 Å². The Balaban J connectivity index is 2.30. The van der Waals surface area contributed by atoms with Crippen LogP contribution >= 0.6 is 11.6 Å². The van der Waals surface area contributed by atoms with Crippen LogP contribution in [-0.2, 0) is 4.89 Å². The summed E-state index contributed by atoms with van der Waals surface area (Å²) in [5, 5.41) is 14.0. The van der Waals surface area contributed by atoms with Gasteiger partial charge in [0.05, 0.1) is 0 Å². The molecule has 0 bridgehead atoms. The lowest BCUT2D eigenvalue weighted by Gasteiger charge is -2.33. The molecule has 0 fully saturated rings. The molecule has 21 heavy (non-hydrogen) atoms. The van der Waals surface area contributed by atoms with Crippen molar-refractivity contribution in [2.75, 3.05) is 0 Å². The van der Waals surface area contributed by atoms with Crippen LogP contribution < -0.4 is 4.74 Å².